The minimum atomic E-state index is 0.727. The number of thioether (sulfide) groups is 1. The number of pyridine rings is 1. The molecule has 0 aliphatic carbocycles. The number of aromatic nitrogens is 1. The van der Waals surface area contributed by atoms with E-state index in [9.17, 15) is 0 Å². The Balaban J connectivity index is 2.22. The second-order valence-corrected chi connectivity index (χ2v) is 4.93. The van der Waals surface area contributed by atoms with Crippen LogP contribution in [0.25, 0.3) is 0 Å². The molecule has 0 saturated carbocycles. The molecule has 0 fully saturated rings. The van der Waals surface area contributed by atoms with Gasteiger partial charge in [-0.2, -0.15) is 11.8 Å². The Morgan fingerprint density at radius 1 is 1.47 bits per heavy atom. The predicted octanol–water partition coefficient (Wildman–Crippen LogP) is 2.48. The molecule has 1 aromatic heterocycles. The molecule has 1 atom stereocenters. The average molecular weight is 224 g/mol. The summed E-state index contributed by atoms with van der Waals surface area (Å²) in [4.78, 5) is 4.35. The van der Waals surface area contributed by atoms with Crippen LogP contribution in [0.2, 0.25) is 0 Å². The Hall–Kier alpha value is -0.540. The highest BCUT2D eigenvalue weighted by atomic mass is 32.2. The Morgan fingerprint density at radius 2 is 2.27 bits per heavy atom. The summed E-state index contributed by atoms with van der Waals surface area (Å²) in [5, 5.41) is 3.43. The number of nitrogens with zero attached hydrogens (tertiary/aromatic N) is 1. The van der Waals surface area contributed by atoms with E-state index in [-0.39, 0.29) is 0 Å². The van der Waals surface area contributed by atoms with Crippen molar-refractivity contribution in [3.63, 3.8) is 0 Å². The van der Waals surface area contributed by atoms with Gasteiger partial charge in [0.05, 0.1) is 5.69 Å². The van der Waals surface area contributed by atoms with Crippen LogP contribution in [-0.4, -0.2) is 23.5 Å². The molecule has 1 unspecified atom stereocenters. The third kappa shape index (κ3) is 5.19. The van der Waals surface area contributed by atoms with Gasteiger partial charge in [0.15, 0.2) is 0 Å². The smallest absolute Gasteiger partial charge is 0.0541 e. The molecule has 0 radical (unpaired) electrons. The molecule has 0 aliphatic heterocycles. The van der Waals surface area contributed by atoms with Crippen molar-refractivity contribution in [2.24, 2.45) is 5.92 Å². The van der Waals surface area contributed by atoms with E-state index in [0.29, 0.717) is 0 Å². The summed E-state index contributed by atoms with van der Waals surface area (Å²) in [7, 11) is 0. The Bertz CT molecular complexity index is 271. The van der Waals surface area contributed by atoms with Crippen LogP contribution in [0, 0.1) is 12.8 Å². The third-order valence-electron chi connectivity index (χ3n) is 2.22. The maximum absolute atomic E-state index is 4.35. The van der Waals surface area contributed by atoms with E-state index in [1.54, 1.807) is 0 Å². The van der Waals surface area contributed by atoms with Gasteiger partial charge in [0.2, 0.25) is 0 Å². The van der Waals surface area contributed by atoms with Crippen LogP contribution in [-0.2, 0) is 6.54 Å². The second kappa shape index (κ2) is 6.85. The van der Waals surface area contributed by atoms with E-state index in [0.717, 1.165) is 24.7 Å². The summed E-state index contributed by atoms with van der Waals surface area (Å²) >= 11 is 1.90. The summed E-state index contributed by atoms with van der Waals surface area (Å²) in [5.41, 5.74) is 2.34. The van der Waals surface area contributed by atoms with Crippen molar-refractivity contribution in [1.82, 2.24) is 10.3 Å². The number of nitrogens with one attached hydrogen (secondary N) is 1. The van der Waals surface area contributed by atoms with Gasteiger partial charge in [-0.15, -0.1) is 0 Å². The molecule has 0 spiro atoms. The summed E-state index contributed by atoms with van der Waals surface area (Å²) in [5.74, 6) is 1.94. The molecule has 84 valence electrons. The second-order valence-electron chi connectivity index (χ2n) is 4.02. The molecule has 0 aromatic carbocycles. The lowest BCUT2D eigenvalue weighted by Gasteiger charge is -2.10. The number of hydrogen-bond acceptors (Lipinski definition) is 3. The standard InChI is InChI=1S/C12H20N2S/c1-10-4-5-12(14-7-10)8-13-6-11(2)9-15-3/h4-5,7,11,13H,6,8-9H2,1-3H3. The number of aryl methyl sites for hydroxylation is 1. The van der Waals surface area contributed by atoms with Crippen molar-refractivity contribution in [2.75, 3.05) is 18.6 Å². The monoisotopic (exact) mass is 224 g/mol. The maximum Gasteiger partial charge on any atom is 0.0541 e. The van der Waals surface area contributed by atoms with E-state index < -0.39 is 0 Å². The Labute approximate surface area is 96.9 Å². The molecule has 1 rings (SSSR count). The van der Waals surface area contributed by atoms with Crippen molar-refractivity contribution >= 4 is 11.8 Å². The maximum atomic E-state index is 4.35. The predicted molar refractivity (Wildman–Crippen MR) is 68.2 cm³/mol. The lowest BCUT2D eigenvalue weighted by atomic mass is 10.2. The van der Waals surface area contributed by atoms with Crippen molar-refractivity contribution in [3.05, 3.63) is 29.6 Å². The molecule has 15 heavy (non-hydrogen) atoms. The molecule has 2 nitrogen and oxygen atoms in total. The highest BCUT2D eigenvalue weighted by Gasteiger charge is 2.00. The molecular formula is C12H20N2S. The van der Waals surface area contributed by atoms with Gasteiger partial charge >= 0.3 is 0 Å². The zero-order valence-corrected chi connectivity index (χ0v) is 10.6. The molecule has 1 heterocycles. The van der Waals surface area contributed by atoms with E-state index in [4.69, 9.17) is 0 Å². The summed E-state index contributed by atoms with van der Waals surface area (Å²) < 4.78 is 0. The molecule has 0 bridgehead atoms. The fourth-order valence-corrected chi connectivity index (χ4v) is 2.08. The van der Waals surface area contributed by atoms with E-state index in [1.165, 1.54) is 11.3 Å². The summed E-state index contributed by atoms with van der Waals surface area (Å²) in [6.07, 6.45) is 4.07. The lowest BCUT2D eigenvalue weighted by Crippen LogP contribution is -2.22. The minimum Gasteiger partial charge on any atom is -0.311 e. The number of rotatable bonds is 6. The van der Waals surface area contributed by atoms with Crippen LogP contribution in [0.3, 0.4) is 0 Å². The zero-order valence-electron chi connectivity index (χ0n) is 9.79. The summed E-state index contributed by atoms with van der Waals surface area (Å²) in [6.45, 7) is 6.27. The van der Waals surface area contributed by atoms with Crippen LogP contribution in [0.15, 0.2) is 18.3 Å². The molecule has 1 N–H and O–H groups in total. The minimum absolute atomic E-state index is 0.727. The normalized spacial score (nSPS) is 12.7. The van der Waals surface area contributed by atoms with Crippen molar-refractivity contribution in [2.45, 2.75) is 20.4 Å². The summed E-state index contributed by atoms with van der Waals surface area (Å²) in [6, 6.07) is 4.19. The molecule has 1 aromatic rings. The molecular weight excluding hydrogens is 204 g/mol. The van der Waals surface area contributed by atoms with Gasteiger partial charge in [-0.05, 0) is 43.0 Å². The molecule has 0 amide bonds. The average Bonchev–Trinajstić information content (AvgIpc) is 2.21. The van der Waals surface area contributed by atoms with E-state index in [1.807, 2.05) is 18.0 Å². The first-order valence-electron chi connectivity index (χ1n) is 5.33. The van der Waals surface area contributed by atoms with Crippen molar-refractivity contribution in [3.8, 4) is 0 Å². The van der Waals surface area contributed by atoms with Gasteiger partial charge in [-0.25, -0.2) is 0 Å². The van der Waals surface area contributed by atoms with Gasteiger partial charge in [-0.1, -0.05) is 13.0 Å². The molecule has 0 saturated heterocycles. The molecule has 3 heteroatoms. The topological polar surface area (TPSA) is 24.9 Å². The van der Waals surface area contributed by atoms with Gasteiger partial charge in [0.25, 0.3) is 0 Å². The fraction of sp³-hybridized carbons (Fsp3) is 0.583. The van der Waals surface area contributed by atoms with Crippen LogP contribution < -0.4 is 5.32 Å². The van der Waals surface area contributed by atoms with Gasteiger partial charge in [0.1, 0.15) is 0 Å². The van der Waals surface area contributed by atoms with Crippen LogP contribution >= 0.6 is 11.8 Å². The Morgan fingerprint density at radius 3 is 2.87 bits per heavy atom. The third-order valence-corrected chi connectivity index (χ3v) is 3.13. The fourth-order valence-electron chi connectivity index (χ4n) is 1.39. The highest BCUT2D eigenvalue weighted by Crippen LogP contribution is 2.03. The van der Waals surface area contributed by atoms with E-state index >= 15 is 0 Å². The molecule has 0 aliphatic rings. The lowest BCUT2D eigenvalue weighted by molar-refractivity contribution is 0.555. The quantitative estimate of drug-likeness (QED) is 0.803. The van der Waals surface area contributed by atoms with E-state index in [2.05, 4.69) is 42.5 Å². The van der Waals surface area contributed by atoms with Crippen LogP contribution in [0.5, 0.6) is 0 Å². The van der Waals surface area contributed by atoms with Crippen molar-refractivity contribution in [1.29, 1.82) is 0 Å². The van der Waals surface area contributed by atoms with Crippen LogP contribution in [0.1, 0.15) is 18.2 Å². The van der Waals surface area contributed by atoms with Gasteiger partial charge in [0, 0.05) is 12.7 Å². The highest BCUT2D eigenvalue weighted by molar-refractivity contribution is 7.98. The number of hydrogen-bond donors (Lipinski definition) is 1. The largest absolute Gasteiger partial charge is 0.311 e. The first kappa shape index (κ1) is 12.5. The Kier molecular flexibility index (Phi) is 5.73. The van der Waals surface area contributed by atoms with Crippen LogP contribution in [0.4, 0.5) is 0 Å². The zero-order chi connectivity index (χ0) is 11.1. The first-order valence-corrected chi connectivity index (χ1v) is 6.73. The first-order chi connectivity index (χ1) is 7.22. The van der Waals surface area contributed by atoms with Gasteiger partial charge < -0.3 is 5.32 Å². The van der Waals surface area contributed by atoms with Gasteiger partial charge in [-0.3, -0.25) is 4.98 Å². The van der Waals surface area contributed by atoms with Crippen molar-refractivity contribution < 1.29 is 0 Å². The SMILES string of the molecule is CSCC(C)CNCc1ccc(C)cn1.